The molecule has 1 rings (SSSR count). The lowest BCUT2D eigenvalue weighted by molar-refractivity contribution is 0.119. The van der Waals surface area contributed by atoms with Crippen LogP contribution in [0.5, 0.6) is 0 Å². The van der Waals surface area contributed by atoms with Gasteiger partial charge in [0.1, 0.15) is 0 Å². The summed E-state index contributed by atoms with van der Waals surface area (Å²) in [4.78, 5) is 9.48. The van der Waals surface area contributed by atoms with Crippen molar-refractivity contribution >= 4 is 29.9 Å². The Balaban J connectivity index is 0.00000400. The van der Waals surface area contributed by atoms with Crippen LogP contribution in [0.1, 0.15) is 13.3 Å². The van der Waals surface area contributed by atoms with Gasteiger partial charge in [-0.2, -0.15) is 0 Å². The van der Waals surface area contributed by atoms with Gasteiger partial charge in [-0.05, 0) is 27.4 Å². The van der Waals surface area contributed by atoms with Crippen molar-refractivity contribution in [1.29, 1.82) is 0 Å². The monoisotopic (exact) mass is 413 g/mol. The van der Waals surface area contributed by atoms with Crippen LogP contribution in [0.2, 0.25) is 0 Å². The third-order valence-corrected chi connectivity index (χ3v) is 3.60. The lowest BCUT2D eigenvalue weighted by atomic mass is 10.2. The molecule has 126 valence electrons. The van der Waals surface area contributed by atoms with Gasteiger partial charge in [0.05, 0.1) is 6.54 Å². The highest BCUT2D eigenvalue weighted by Crippen LogP contribution is 2.05. The van der Waals surface area contributed by atoms with E-state index < -0.39 is 0 Å². The molecule has 1 atom stereocenters. The summed E-state index contributed by atoms with van der Waals surface area (Å²) in [7, 11) is 6.10. The maximum atomic E-state index is 5.05. The normalized spacial score (nSPS) is 21.0. The number of nitrogens with one attached hydrogen (secondary N) is 2. The second-order valence-corrected chi connectivity index (χ2v) is 5.39. The van der Waals surface area contributed by atoms with E-state index in [0.29, 0.717) is 6.04 Å². The Morgan fingerprint density at radius 1 is 1.29 bits per heavy atom. The number of rotatable bonds is 7. The summed E-state index contributed by atoms with van der Waals surface area (Å²) in [5.41, 5.74) is 0. The first-order valence-corrected chi connectivity index (χ1v) is 7.57. The second-order valence-electron chi connectivity index (χ2n) is 5.39. The number of hydrogen-bond donors (Lipinski definition) is 2. The van der Waals surface area contributed by atoms with Gasteiger partial charge in [-0.3, -0.25) is 9.89 Å². The number of hydrogen-bond acceptors (Lipinski definition) is 4. The van der Waals surface area contributed by atoms with Crippen LogP contribution in [0.4, 0.5) is 0 Å². The molecule has 0 aromatic rings. The number of likely N-dealkylation sites (N-methyl/N-ethyl adjacent to an activating group) is 2. The van der Waals surface area contributed by atoms with Gasteiger partial charge in [0.2, 0.25) is 0 Å². The maximum Gasteiger partial charge on any atom is 0.191 e. The first-order chi connectivity index (χ1) is 9.67. The molecule has 0 radical (unpaired) electrons. The summed E-state index contributed by atoms with van der Waals surface area (Å²) in [6, 6.07) is 0.503. The summed E-state index contributed by atoms with van der Waals surface area (Å²) in [6.45, 7) is 8.83. The molecular formula is C14H32IN5O. The van der Waals surface area contributed by atoms with E-state index in [4.69, 9.17) is 9.73 Å². The number of halogens is 1. The van der Waals surface area contributed by atoms with Crippen molar-refractivity contribution in [2.45, 2.75) is 19.4 Å². The molecule has 6 nitrogen and oxygen atoms in total. The lowest BCUT2D eigenvalue weighted by Gasteiger charge is -2.36. The van der Waals surface area contributed by atoms with E-state index in [1.54, 1.807) is 7.11 Å². The number of piperazine rings is 1. The summed E-state index contributed by atoms with van der Waals surface area (Å²) in [5, 5.41) is 6.64. The largest absolute Gasteiger partial charge is 0.385 e. The SMILES string of the molecule is CCNC(=NCC1CN(C)CCN1C)NCCCOC.I. The molecule has 1 unspecified atom stereocenters. The van der Waals surface area contributed by atoms with Crippen LogP contribution >= 0.6 is 24.0 Å². The van der Waals surface area contributed by atoms with Crippen molar-refractivity contribution in [3.63, 3.8) is 0 Å². The highest BCUT2D eigenvalue weighted by molar-refractivity contribution is 14.0. The number of aliphatic imine (C=N–C) groups is 1. The smallest absolute Gasteiger partial charge is 0.191 e. The molecular weight excluding hydrogens is 381 g/mol. The standard InChI is InChI=1S/C14H31N5O.HI/c1-5-15-14(16-7-6-10-20-4)17-11-13-12-18(2)8-9-19(13)3;/h13H,5-12H2,1-4H3,(H2,15,16,17);1H. The molecule has 0 amide bonds. The molecule has 1 aliphatic heterocycles. The number of methoxy groups -OCH3 is 1. The fraction of sp³-hybridized carbons (Fsp3) is 0.929. The Labute approximate surface area is 146 Å². The Morgan fingerprint density at radius 3 is 2.71 bits per heavy atom. The average molecular weight is 413 g/mol. The van der Waals surface area contributed by atoms with Gasteiger partial charge in [-0.15, -0.1) is 24.0 Å². The topological polar surface area (TPSA) is 52.1 Å². The number of ether oxygens (including phenoxy) is 1. The van der Waals surface area contributed by atoms with E-state index in [1.807, 2.05) is 0 Å². The van der Waals surface area contributed by atoms with Gasteiger partial charge in [-0.1, -0.05) is 0 Å². The minimum absolute atomic E-state index is 0. The van der Waals surface area contributed by atoms with Gasteiger partial charge in [0.25, 0.3) is 0 Å². The van der Waals surface area contributed by atoms with Gasteiger partial charge in [0, 0.05) is 52.5 Å². The predicted octanol–water partition coefficient (Wildman–Crippen LogP) is 0.442. The zero-order valence-corrected chi connectivity index (χ0v) is 16.2. The fourth-order valence-electron chi connectivity index (χ4n) is 2.26. The lowest BCUT2D eigenvalue weighted by Crippen LogP contribution is -2.51. The van der Waals surface area contributed by atoms with Crippen LogP contribution in [0.25, 0.3) is 0 Å². The van der Waals surface area contributed by atoms with E-state index in [-0.39, 0.29) is 24.0 Å². The fourth-order valence-corrected chi connectivity index (χ4v) is 2.26. The molecule has 0 saturated carbocycles. The molecule has 0 spiro atoms. The zero-order valence-electron chi connectivity index (χ0n) is 13.9. The Hall–Kier alpha value is -0.120. The average Bonchev–Trinajstić information content (AvgIpc) is 2.44. The molecule has 0 aliphatic carbocycles. The second kappa shape index (κ2) is 12.4. The molecule has 21 heavy (non-hydrogen) atoms. The molecule has 2 N–H and O–H groups in total. The van der Waals surface area contributed by atoms with E-state index in [9.17, 15) is 0 Å². The Bertz CT molecular complexity index is 291. The number of nitrogens with zero attached hydrogens (tertiary/aromatic N) is 3. The third kappa shape index (κ3) is 8.80. The van der Waals surface area contributed by atoms with Gasteiger partial charge >= 0.3 is 0 Å². The molecule has 0 bridgehead atoms. The maximum absolute atomic E-state index is 5.05. The summed E-state index contributed by atoms with van der Waals surface area (Å²) in [5.74, 6) is 0.908. The van der Waals surface area contributed by atoms with Gasteiger partial charge in [0.15, 0.2) is 5.96 Å². The minimum atomic E-state index is 0. The quantitative estimate of drug-likeness (QED) is 0.275. The number of guanidine groups is 1. The van der Waals surface area contributed by atoms with E-state index >= 15 is 0 Å². The van der Waals surface area contributed by atoms with Crippen molar-refractivity contribution in [3.05, 3.63) is 0 Å². The molecule has 0 aromatic carbocycles. The van der Waals surface area contributed by atoms with Crippen LogP contribution in [-0.4, -0.2) is 88.9 Å². The minimum Gasteiger partial charge on any atom is -0.385 e. The molecule has 7 heteroatoms. The van der Waals surface area contributed by atoms with Crippen molar-refractivity contribution in [3.8, 4) is 0 Å². The highest BCUT2D eigenvalue weighted by atomic mass is 127. The van der Waals surface area contributed by atoms with E-state index in [0.717, 1.165) is 58.3 Å². The highest BCUT2D eigenvalue weighted by Gasteiger charge is 2.21. The zero-order chi connectivity index (χ0) is 14.8. The van der Waals surface area contributed by atoms with Crippen molar-refractivity contribution in [2.24, 2.45) is 4.99 Å². The van der Waals surface area contributed by atoms with Crippen molar-refractivity contribution < 1.29 is 4.74 Å². The van der Waals surface area contributed by atoms with Crippen LogP contribution in [0.15, 0.2) is 4.99 Å². The summed E-state index contributed by atoms with van der Waals surface area (Å²) >= 11 is 0. The van der Waals surface area contributed by atoms with Crippen LogP contribution < -0.4 is 10.6 Å². The van der Waals surface area contributed by atoms with Crippen LogP contribution in [0.3, 0.4) is 0 Å². The van der Waals surface area contributed by atoms with Gasteiger partial charge < -0.3 is 20.3 Å². The predicted molar refractivity (Wildman–Crippen MR) is 99.8 cm³/mol. The van der Waals surface area contributed by atoms with Crippen LogP contribution in [-0.2, 0) is 4.74 Å². The Kier molecular flexibility index (Phi) is 12.4. The van der Waals surface area contributed by atoms with E-state index in [2.05, 4.69) is 41.5 Å². The van der Waals surface area contributed by atoms with Crippen molar-refractivity contribution in [2.75, 3.05) is 67.1 Å². The summed E-state index contributed by atoms with van der Waals surface area (Å²) in [6.07, 6.45) is 0.993. The molecule has 1 saturated heterocycles. The molecule has 1 aliphatic rings. The summed E-state index contributed by atoms with van der Waals surface area (Å²) < 4.78 is 5.05. The molecule has 1 heterocycles. The van der Waals surface area contributed by atoms with Gasteiger partial charge in [-0.25, -0.2) is 0 Å². The van der Waals surface area contributed by atoms with Crippen LogP contribution in [0, 0.1) is 0 Å². The Morgan fingerprint density at radius 2 is 2.05 bits per heavy atom. The first kappa shape index (κ1) is 20.9. The third-order valence-electron chi connectivity index (χ3n) is 3.60. The molecule has 1 fully saturated rings. The first-order valence-electron chi connectivity index (χ1n) is 7.57. The molecule has 0 aromatic heterocycles. The van der Waals surface area contributed by atoms with E-state index in [1.165, 1.54) is 0 Å². The van der Waals surface area contributed by atoms with Crippen molar-refractivity contribution in [1.82, 2.24) is 20.4 Å².